The number of aromatic amines is 2. The molecule has 242 valence electrons. The summed E-state index contributed by atoms with van der Waals surface area (Å²) in [5, 5.41) is 20.6. The number of hydrogen-bond donors (Lipinski definition) is 7. The fourth-order valence-electron chi connectivity index (χ4n) is 5.02. The summed E-state index contributed by atoms with van der Waals surface area (Å²) in [4.78, 5) is 55.9. The second-order valence-corrected chi connectivity index (χ2v) is 14.2. The molecule has 25 heteroatoms. The third-order valence-corrected chi connectivity index (χ3v) is 9.26. The number of nitrogens with two attached hydrogens (primary N) is 1. The van der Waals surface area contributed by atoms with Crippen LogP contribution in [0.5, 0.6) is 0 Å². The molecule has 0 spiro atoms. The molecule has 4 aromatic heterocycles. The number of nitrogens with one attached hydrogen (secondary N) is 2. The maximum absolute atomic E-state index is 15.7. The van der Waals surface area contributed by atoms with E-state index >= 15 is 4.39 Å². The Kier molecular flexibility index (Phi) is 8.89. The lowest BCUT2D eigenvalue weighted by atomic mass is 10.1. The van der Waals surface area contributed by atoms with Crippen LogP contribution >= 0.6 is 26.2 Å². The third kappa shape index (κ3) is 6.06. The average molecular weight is 711 g/mol. The summed E-state index contributed by atoms with van der Waals surface area (Å²) in [5.74, 6) is -0.244. The number of imidazole rings is 2. The zero-order valence-electron chi connectivity index (χ0n) is 22.3. The summed E-state index contributed by atoms with van der Waals surface area (Å²) in [6.45, 7) is -5.70. The van der Waals surface area contributed by atoms with Gasteiger partial charge in [-0.1, -0.05) is 0 Å². The number of hydrogen-bond acceptors (Lipinski definition) is 16. The number of aromatic nitrogens is 8. The molecule has 0 radical (unpaired) electrons. The lowest BCUT2D eigenvalue weighted by Crippen LogP contribution is -2.35. The first kappa shape index (κ1) is 32.2. The normalized spacial score (nSPS) is 30.3. The van der Waals surface area contributed by atoms with Gasteiger partial charge in [-0.05, 0) is 16.4 Å². The van der Waals surface area contributed by atoms with Crippen LogP contribution in [0.2, 0.25) is 0 Å². The van der Waals surface area contributed by atoms with Crippen molar-refractivity contribution in [2.45, 2.75) is 49.1 Å². The van der Waals surface area contributed by atoms with E-state index in [4.69, 9.17) is 40.6 Å². The molecule has 7 N–H and O–H groups in total. The number of rotatable bonds is 10. The Bertz CT molecular complexity index is 1930. The quantitative estimate of drug-likeness (QED) is 0.0761. The lowest BCUT2D eigenvalue weighted by molar-refractivity contribution is -0.0542. The van der Waals surface area contributed by atoms with E-state index in [0.717, 1.165) is 23.5 Å². The van der Waals surface area contributed by atoms with Gasteiger partial charge in [0.2, 0.25) is 5.95 Å². The fraction of sp³-hybridized carbons (Fsp3) is 0.500. The van der Waals surface area contributed by atoms with E-state index < -0.39 is 87.4 Å². The van der Waals surface area contributed by atoms with Gasteiger partial charge in [0.05, 0.1) is 32.2 Å². The average Bonchev–Trinajstić information content (AvgIpc) is 3.73. The van der Waals surface area contributed by atoms with Crippen molar-refractivity contribution in [1.29, 1.82) is 0 Å². The molecule has 6 rings (SSSR count). The zero-order chi connectivity index (χ0) is 32.2. The summed E-state index contributed by atoms with van der Waals surface area (Å²) in [6.07, 6.45) is -8.72. The van der Waals surface area contributed by atoms with Crippen LogP contribution < -0.4 is 16.9 Å². The number of fused-ring (bicyclic) bond motifs is 2. The van der Waals surface area contributed by atoms with Gasteiger partial charge in [0, 0.05) is 0 Å². The number of anilines is 1. The monoisotopic (exact) mass is 710 g/mol. The van der Waals surface area contributed by atoms with Crippen molar-refractivity contribution in [3.05, 3.63) is 39.7 Å². The number of aliphatic hydroxyl groups is 2. The molecule has 0 aliphatic carbocycles. The van der Waals surface area contributed by atoms with Crippen LogP contribution in [0, 0.1) is 0 Å². The van der Waals surface area contributed by atoms with Crippen LogP contribution in [0.25, 0.3) is 22.3 Å². The maximum atomic E-state index is 15.7. The molecule has 10 atom stereocenters. The van der Waals surface area contributed by atoms with Crippen molar-refractivity contribution in [3.8, 4) is 0 Å². The topological polar surface area (TPSA) is 277 Å². The first-order valence-electron chi connectivity index (χ1n) is 12.7. The molecule has 0 bridgehead atoms. The Morgan fingerprint density at radius 2 is 1.78 bits per heavy atom. The number of H-pyrrole nitrogens is 2. The molecule has 6 heterocycles. The van der Waals surface area contributed by atoms with E-state index in [1.165, 1.54) is 4.57 Å². The van der Waals surface area contributed by atoms with Gasteiger partial charge in [-0.25, -0.2) is 19.3 Å². The van der Waals surface area contributed by atoms with Gasteiger partial charge >= 0.3 is 13.9 Å². The van der Waals surface area contributed by atoms with Gasteiger partial charge < -0.3 is 39.8 Å². The van der Waals surface area contributed by atoms with Gasteiger partial charge in [0.1, 0.15) is 36.7 Å². The van der Waals surface area contributed by atoms with Gasteiger partial charge in [-0.2, -0.15) is 4.98 Å². The zero-order valence-corrected chi connectivity index (χ0v) is 25.8. The van der Waals surface area contributed by atoms with Gasteiger partial charge in [-0.15, -0.1) is 4.52 Å². The van der Waals surface area contributed by atoms with Crippen molar-refractivity contribution in [3.63, 3.8) is 0 Å². The highest BCUT2D eigenvalue weighted by Gasteiger charge is 2.53. The molecule has 0 saturated carbocycles. The van der Waals surface area contributed by atoms with E-state index in [1.807, 2.05) is 0 Å². The van der Waals surface area contributed by atoms with Crippen LogP contribution in [0.15, 0.2) is 28.6 Å². The van der Waals surface area contributed by atoms with E-state index in [1.54, 1.807) is 0 Å². The predicted molar refractivity (Wildman–Crippen MR) is 155 cm³/mol. The molecule has 2 aliphatic rings. The molecule has 20 nitrogen and oxygen atoms in total. The minimum Gasteiger partial charge on any atom is -0.394 e. The largest absolute Gasteiger partial charge is 0.582 e. The molecule has 4 aromatic rings. The van der Waals surface area contributed by atoms with Crippen LogP contribution in [0.1, 0.15) is 12.5 Å². The van der Waals surface area contributed by atoms with E-state index in [9.17, 15) is 29.3 Å². The highest BCUT2D eigenvalue weighted by molar-refractivity contribution is 8.39. The number of halogens is 1. The third-order valence-electron chi connectivity index (χ3n) is 6.99. The molecular weight excluding hydrogens is 687 g/mol. The van der Waals surface area contributed by atoms with E-state index in [-0.39, 0.29) is 28.3 Å². The van der Waals surface area contributed by atoms with Crippen molar-refractivity contribution in [2.24, 2.45) is 0 Å². The summed E-state index contributed by atoms with van der Waals surface area (Å²) < 4.78 is 57.5. The highest BCUT2D eigenvalue weighted by atomic mass is 32.7. The van der Waals surface area contributed by atoms with Gasteiger partial charge in [0.15, 0.2) is 47.1 Å². The molecular formula is C20H23FN9O11P2S2+. The number of alkyl halides is 1. The van der Waals surface area contributed by atoms with Crippen molar-refractivity contribution in [2.75, 3.05) is 18.9 Å². The SMILES string of the molecule is Nc1nc2c(ncn2[C@@H]2O[C@H](CO)[C@@H](O)[C@H]2OP(O)(=S)OC[C@H]2O[C@@H](n3cnc4c(=O)[nH]cnc43)[C@H](F)[C@@H]2O[P+](=O)S)c(=O)[nH]1. The number of thiol groups is 1. The maximum Gasteiger partial charge on any atom is 0.582 e. The lowest BCUT2D eigenvalue weighted by Gasteiger charge is -2.27. The first-order valence-corrected chi connectivity index (χ1v) is 17.7. The second-order valence-electron chi connectivity index (χ2n) is 9.72. The first-order chi connectivity index (χ1) is 21.4. The van der Waals surface area contributed by atoms with Crippen molar-refractivity contribution < 1.29 is 47.1 Å². The summed E-state index contributed by atoms with van der Waals surface area (Å²) in [5.41, 5.74) is 4.14. The van der Waals surface area contributed by atoms with Crippen LogP contribution in [-0.2, 0) is 39.4 Å². The minimum absolute atomic E-state index is 0.0115. The number of ether oxygens (including phenoxy) is 2. The summed E-state index contributed by atoms with van der Waals surface area (Å²) >= 11 is 8.85. The molecule has 2 saturated heterocycles. The Morgan fingerprint density at radius 1 is 1.11 bits per heavy atom. The Hall–Kier alpha value is -2.79. The number of nitrogens with zero attached hydrogens (tertiary/aromatic N) is 6. The Morgan fingerprint density at radius 3 is 2.47 bits per heavy atom. The molecule has 45 heavy (non-hydrogen) atoms. The molecule has 0 amide bonds. The Labute approximate surface area is 259 Å². The van der Waals surface area contributed by atoms with E-state index in [0.29, 0.717) is 0 Å². The summed E-state index contributed by atoms with van der Waals surface area (Å²) in [6, 6.07) is 0. The molecule has 2 fully saturated rings. The smallest absolute Gasteiger partial charge is 0.394 e. The standard InChI is InChI=1S/C20H22FN9O11P2S2/c21-8-12(40-42(35)44)7(39-18(8)29-4-25-9-14(29)23-3-24-16(9)33)2-37-43(36,45)41-13-11(32)6(1-31)38-19(13)30-5-26-10-15(30)27-20(22)28-17(10)34/h3-8,11-13,18-19,31-32H,1-2H2,(H5-,22,23,24,27,28,33,34,35,36,44,45)/p+1/t6-,7-,8-,11-,12-,13-,18-,19-,43?/m1/s1. The minimum atomic E-state index is -4.36. The number of nitrogen functional groups attached to an aromatic ring is 1. The summed E-state index contributed by atoms with van der Waals surface area (Å²) in [7, 11) is -2.65. The predicted octanol–water partition coefficient (Wildman–Crippen LogP) is -1.09. The molecule has 0 aromatic carbocycles. The molecule has 2 unspecified atom stereocenters. The van der Waals surface area contributed by atoms with Crippen LogP contribution in [0.4, 0.5) is 10.3 Å². The fourth-order valence-corrected chi connectivity index (χ4v) is 7.22. The van der Waals surface area contributed by atoms with E-state index in [2.05, 4.69) is 42.2 Å². The van der Waals surface area contributed by atoms with Crippen LogP contribution in [0.3, 0.4) is 0 Å². The van der Waals surface area contributed by atoms with Crippen LogP contribution in [-0.4, -0.2) is 104 Å². The highest BCUT2D eigenvalue weighted by Crippen LogP contribution is 2.51. The number of aliphatic hydroxyl groups excluding tert-OH is 2. The van der Waals surface area contributed by atoms with Crippen molar-refractivity contribution in [1.82, 2.24) is 39.0 Å². The van der Waals surface area contributed by atoms with Crippen molar-refractivity contribution >= 4 is 66.3 Å². The van der Waals surface area contributed by atoms with Gasteiger partial charge in [-0.3, -0.25) is 28.2 Å². The molecule has 2 aliphatic heterocycles. The second kappa shape index (κ2) is 12.4. The van der Waals surface area contributed by atoms with Gasteiger partial charge in [0.25, 0.3) is 11.1 Å². The Balaban J connectivity index is 1.23.